The van der Waals surface area contributed by atoms with Gasteiger partial charge in [-0.2, -0.15) is 0 Å². The molecule has 4 nitrogen and oxygen atoms in total. The van der Waals surface area contributed by atoms with Gasteiger partial charge in [-0.1, -0.05) is 38.3 Å². The fourth-order valence-corrected chi connectivity index (χ4v) is 5.03. The number of benzene rings is 1. The Morgan fingerprint density at radius 2 is 1.74 bits per heavy atom. The zero-order chi connectivity index (χ0) is 19.2. The fraction of sp³-hybridized carbons (Fsp3) is 0.636. The van der Waals surface area contributed by atoms with Crippen LogP contribution in [0.25, 0.3) is 0 Å². The van der Waals surface area contributed by atoms with E-state index in [1.54, 1.807) is 0 Å². The van der Waals surface area contributed by atoms with Crippen LogP contribution in [0, 0.1) is 5.92 Å². The first kappa shape index (κ1) is 20.2. The maximum absolute atomic E-state index is 13.0. The summed E-state index contributed by atoms with van der Waals surface area (Å²) >= 11 is 1.50. The van der Waals surface area contributed by atoms with Crippen LogP contribution < -0.4 is 0 Å². The number of hydrogen-bond donors (Lipinski definition) is 0. The van der Waals surface area contributed by atoms with E-state index in [1.165, 1.54) is 31.0 Å². The van der Waals surface area contributed by atoms with E-state index >= 15 is 0 Å². The summed E-state index contributed by atoms with van der Waals surface area (Å²) in [6.07, 6.45) is 8.13. The highest BCUT2D eigenvalue weighted by molar-refractivity contribution is 8.00. The predicted molar refractivity (Wildman–Crippen MR) is 111 cm³/mol. The third kappa shape index (κ3) is 5.28. The molecule has 0 bridgehead atoms. The molecule has 0 N–H and O–H groups in total. The molecule has 0 atom stereocenters. The largest absolute Gasteiger partial charge is 0.342 e. The number of carbonyl (C=O) groups excluding carboxylic acids is 2. The average Bonchev–Trinajstić information content (AvgIpc) is 2.72. The molecule has 0 aromatic heterocycles. The van der Waals surface area contributed by atoms with Gasteiger partial charge in [0.1, 0.15) is 0 Å². The molecule has 5 heteroatoms. The van der Waals surface area contributed by atoms with E-state index < -0.39 is 0 Å². The van der Waals surface area contributed by atoms with Gasteiger partial charge in [-0.3, -0.25) is 9.59 Å². The lowest BCUT2D eigenvalue weighted by molar-refractivity contribution is -0.129. The maximum atomic E-state index is 13.0. The molecule has 148 valence electrons. The highest BCUT2D eigenvalue weighted by Crippen LogP contribution is 2.27. The molecule has 3 rings (SSSR count). The summed E-state index contributed by atoms with van der Waals surface area (Å²) in [5, 5.41) is 0. The monoisotopic (exact) mass is 388 g/mol. The van der Waals surface area contributed by atoms with Crippen LogP contribution in [0.1, 0.15) is 62.2 Å². The van der Waals surface area contributed by atoms with E-state index in [1.807, 2.05) is 41.1 Å². The number of rotatable bonds is 5. The Bertz CT molecular complexity index is 649. The third-order valence-electron chi connectivity index (χ3n) is 6.06. The van der Waals surface area contributed by atoms with Crippen molar-refractivity contribution in [2.24, 2.45) is 5.92 Å². The molecule has 1 aliphatic carbocycles. The lowest BCUT2D eigenvalue weighted by Gasteiger charge is -2.31. The van der Waals surface area contributed by atoms with Crippen LogP contribution in [0.15, 0.2) is 29.2 Å². The quantitative estimate of drug-likeness (QED) is 0.700. The summed E-state index contributed by atoms with van der Waals surface area (Å²) in [5.41, 5.74) is 0.741. The number of amides is 2. The number of nitrogens with zero attached hydrogens (tertiary/aromatic N) is 2. The number of likely N-dealkylation sites (tertiary alicyclic amines) is 1. The Morgan fingerprint density at radius 1 is 1.07 bits per heavy atom. The van der Waals surface area contributed by atoms with Gasteiger partial charge in [0.15, 0.2) is 0 Å². The Labute approximate surface area is 167 Å². The molecule has 27 heavy (non-hydrogen) atoms. The molecule has 2 amide bonds. The molecule has 2 aliphatic rings. The van der Waals surface area contributed by atoms with Crippen LogP contribution in [0.5, 0.6) is 0 Å². The van der Waals surface area contributed by atoms with Gasteiger partial charge in [0.2, 0.25) is 5.91 Å². The number of hydrogen-bond acceptors (Lipinski definition) is 3. The first-order valence-electron chi connectivity index (χ1n) is 10.3. The molecular weight excluding hydrogens is 356 g/mol. The molecule has 0 spiro atoms. The molecule has 1 saturated carbocycles. The second-order valence-corrected chi connectivity index (χ2v) is 9.07. The Kier molecular flexibility index (Phi) is 7.22. The van der Waals surface area contributed by atoms with Gasteiger partial charge in [-0.15, -0.1) is 11.8 Å². The molecule has 1 aromatic rings. The molecule has 1 heterocycles. The van der Waals surface area contributed by atoms with Gasteiger partial charge in [0, 0.05) is 31.1 Å². The molecule has 0 unspecified atom stereocenters. The van der Waals surface area contributed by atoms with Gasteiger partial charge in [0.05, 0.1) is 11.3 Å². The second kappa shape index (κ2) is 9.63. The molecule has 0 radical (unpaired) electrons. The maximum Gasteiger partial charge on any atom is 0.254 e. The van der Waals surface area contributed by atoms with E-state index in [4.69, 9.17) is 0 Å². The minimum atomic E-state index is 0.109. The smallest absolute Gasteiger partial charge is 0.254 e. The van der Waals surface area contributed by atoms with Crippen LogP contribution in [0.4, 0.5) is 0 Å². The van der Waals surface area contributed by atoms with Crippen molar-refractivity contribution in [1.82, 2.24) is 9.80 Å². The van der Waals surface area contributed by atoms with Crippen molar-refractivity contribution in [2.75, 3.05) is 25.9 Å². The second-order valence-electron chi connectivity index (χ2n) is 8.06. The summed E-state index contributed by atoms with van der Waals surface area (Å²) < 4.78 is 0. The van der Waals surface area contributed by atoms with E-state index in [-0.39, 0.29) is 11.8 Å². The molecule has 1 aliphatic heterocycles. The van der Waals surface area contributed by atoms with Crippen molar-refractivity contribution in [3.8, 4) is 0 Å². The summed E-state index contributed by atoms with van der Waals surface area (Å²) in [5.74, 6) is 1.37. The van der Waals surface area contributed by atoms with Crippen LogP contribution in [0.3, 0.4) is 0 Å². The van der Waals surface area contributed by atoms with E-state index in [9.17, 15) is 9.59 Å². The van der Waals surface area contributed by atoms with Crippen LogP contribution in [-0.4, -0.2) is 53.5 Å². The van der Waals surface area contributed by atoms with Gasteiger partial charge in [-0.25, -0.2) is 0 Å². The first-order chi connectivity index (χ1) is 13.1. The van der Waals surface area contributed by atoms with Gasteiger partial charge < -0.3 is 9.80 Å². The molecular formula is C22H32N2O2S. The van der Waals surface area contributed by atoms with Crippen LogP contribution >= 0.6 is 11.8 Å². The normalized spacial score (nSPS) is 19.1. The Hall–Kier alpha value is -1.49. The Balaban J connectivity index is 1.60. The minimum Gasteiger partial charge on any atom is -0.342 e. The highest BCUT2D eigenvalue weighted by Gasteiger charge is 2.25. The van der Waals surface area contributed by atoms with E-state index in [0.29, 0.717) is 17.7 Å². The third-order valence-corrected chi connectivity index (χ3v) is 7.11. The summed E-state index contributed by atoms with van der Waals surface area (Å²) in [4.78, 5) is 30.4. The predicted octanol–water partition coefficient (Wildman–Crippen LogP) is 4.44. The zero-order valence-corrected chi connectivity index (χ0v) is 17.5. The molecule has 1 saturated heterocycles. The van der Waals surface area contributed by atoms with Crippen molar-refractivity contribution in [3.05, 3.63) is 29.8 Å². The van der Waals surface area contributed by atoms with Crippen molar-refractivity contribution < 1.29 is 9.59 Å². The standard InChI is InChI=1S/C22H32N2O2S/c1-17-12-14-24(15-13-17)22(26)19-10-6-7-11-20(19)27-16-21(25)23(2)18-8-4-3-5-9-18/h6-7,10-11,17-18H,3-5,8-9,12-16H2,1-2H3. The van der Waals surface area contributed by atoms with Crippen molar-refractivity contribution in [3.63, 3.8) is 0 Å². The summed E-state index contributed by atoms with van der Waals surface area (Å²) in [6, 6.07) is 8.13. The van der Waals surface area contributed by atoms with E-state index in [0.717, 1.165) is 49.2 Å². The van der Waals surface area contributed by atoms with Gasteiger partial charge >= 0.3 is 0 Å². The van der Waals surface area contributed by atoms with Crippen molar-refractivity contribution >= 4 is 23.6 Å². The minimum absolute atomic E-state index is 0.109. The van der Waals surface area contributed by atoms with Crippen LogP contribution in [0.2, 0.25) is 0 Å². The van der Waals surface area contributed by atoms with Crippen molar-refractivity contribution in [1.29, 1.82) is 0 Å². The summed E-state index contributed by atoms with van der Waals surface area (Å²) in [6.45, 7) is 3.92. The number of piperidine rings is 1. The van der Waals surface area contributed by atoms with Crippen molar-refractivity contribution in [2.45, 2.75) is 62.8 Å². The van der Waals surface area contributed by atoms with Crippen LogP contribution in [-0.2, 0) is 4.79 Å². The topological polar surface area (TPSA) is 40.6 Å². The van der Waals surface area contributed by atoms with Gasteiger partial charge in [-0.05, 0) is 43.7 Å². The highest BCUT2D eigenvalue weighted by atomic mass is 32.2. The number of carbonyl (C=O) groups is 2. The molecule has 1 aromatic carbocycles. The number of thioether (sulfide) groups is 1. The first-order valence-corrected chi connectivity index (χ1v) is 11.3. The average molecular weight is 389 g/mol. The zero-order valence-electron chi connectivity index (χ0n) is 16.7. The lowest BCUT2D eigenvalue weighted by atomic mass is 9.94. The Morgan fingerprint density at radius 3 is 2.44 bits per heavy atom. The lowest BCUT2D eigenvalue weighted by Crippen LogP contribution is -2.39. The molecule has 2 fully saturated rings. The fourth-order valence-electron chi connectivity index (χ4n) is 4.06. The van der Waals surface area contributed by atoms with Gasteiger partial charge in [0.25, 0.3) is 5.91 Å². The van der Waals surface area contributed by atoms with E-state index in [2.05, 4.69) is 6.92 Å². The summed E-state index contributed by atoms with van der Waals surface area (Å²) in [7, 11) is 1.94. The SMILES string of the molecule is CC1CCN(C(=O)c2ccccc2SCC(=O)N(C)C2CCCCC2)CC1.